The normalized spacial score (nSPS) is 14.1. The third-order valence-corrected chi connectivity index (χ3v) is 5.32. The molecule has 7 heteroatoms. The van der Waals surface area contributed by atoms with Crippen LogP contribution in [-0.4, -0.2) is 54.4 Å². The van der Waals surface area contributed by atoms with E-state index in [4.69, 9.17) is 9.47 Å². The van der Waals surface area contributed by atoms with Gasteiger partial charge in [0.2, 0.25) is 5.91 Å². The van der Waals surface area contributed by atoms with Gasteiger partial charge in [0.05, 0.1) is 38.3 Å². The van der Waals surface area contributed by atoms with Gasteiger partial charge >= 0.3 is 0 Å². The molecule has 0 radical (unpaired) electrons. The molecule has 0 saturated heterocycles. The number of aromatic nitrogens is 2. The summed E-state index contributed by atoms with van der Waals surface area (Å²) in [6.07, 6.45) is 7.01. The lowest BCUT2D eigenvalue weighted by Crippen LogP contribution is -2.36. The van der Waals surface area contributed by atoms with Gasteiger partial charge in [-0.3, -0.25) is 9.69 Å². The number of carbonyl (C=O) groups is 1. The number of methoxy groups -OCH3 is 2. The van der Waals surface area contributed by atoms with Gasteiger partial charge in [0.1, 0.15) is 11.5 Å². The molecule has 1 aliphatic rings. The van der Waals surface area contributed by atoms with E-state index in [2.05, 4.69) is 27.6 Å². The lowest BCUT2D eigenvalue weighted by Gasteiger charge is -2.25. The highest BCUT2D eigenvalue weighted by atomic mass is 16.5. The number of amides is 1. The summed E-state index contributed by atoms with van der Waals surface area (Å²) >= 11 is 0. The second-order valence-corrected chi connectivity index (χ2v) is 7.34. The van der Waals surface area contributed by atoms with Crippen LogP contribution in [-0.2, 0) is 4.79 Å². The summed E-state index contributed by atoms with van der Waals surface area (Å²) in [6.45, 7) is 1.86. The van der Waals surface area contributed by atoms with Gasteiger partial charge in [-0.2, -0.15) is 5.10 Å². The second kappa shape index (κ2) is 9.49. The van der Waals surface area contributed by atoms with Crippen LogP contribution >= 0.6 is 0 Å². The van der Waals surface area contributed by atoms with E-state index in [1.54, 1.807) is 32.4 Å². The number of carbonyl (C=O) groups excluding carboxylic acids is 1. The van der Waals surface area contributed by atoms with E-state index >= 15 is 0 Å². The van der Waals surface area contributed by atoms with E-state index in [0.29, 0.717) is 23.7 Å². The highest BCUT2D eigenvalue weighted by Gasteiger charge is 2.18. The molecule has 1 aliphatic heterocycles. The molecule has 0 aliphatic carbocycles. The number of hydrogen-bond acceptors (Lipinski definition) is 5. The van der Waals surface area contributed by atoms with E-state index in [1.165, 1.54) is 5.57 Å². The van der Waals surface area contributed by atoms with Gasteiger partial charge in [-0.25, -0.2) is 4.68 Å². The van der Waals surface area contributed by atoms with Crippen LogP contribution in [0.2, 0.25) is 0 Å². The second-order valence-electron chi connectivity index (χ2n) is 7.34. The van der Waals surface area contributed by atoms with Gasteiger partial charge in [0.15, 0.2) is 0 Å². The van der Waals surface area contributed by atoms with Crippen LogP contribution in [0, 0.1) is 0 Å². The predicted octanol–water partition coefficient (Wildman–Crippen LogP) is 3.62. The van der Waals surface area contributed by atoms with Crippen LogP contribution in [0.4, 0.5) is 5.69 Å². The molecular weight excluding hydrogens is 392 g/mol. The van der Waals surface area contributed by atoms with Crippen molar-refractivity contribution in [1.29, 1.82) is 0 Å². The van der Waals surface area contributed by atoms with E-state index in [0.717, 1.165) is 30.8 Å². The van der Waals surface area contributed by atoms with Crippen LogP contribution in [0.3, 0.4) is 0 Å². The van der Waals surface area contributed by atoms with Gasteiger partial charge in [-0.1, -0.05) is 24.3 Å². The number of nitrogens with one attached hydrogen (secondary N) is 1. The third kappa shape index (κ3) is 4.95. The predicted molar refractivity (Wildman–Crippen MR) is 121 cm³/mol. The Morgan fingerprint density at radius 3 is 2.68 bits per heavy atom. The summed E-state index contributed by atoms with van der Waals surface area (Å²) in [4.78, 5) is 14.7. The molecule has 1 amide bonds. The first kappa shape index (κ1) is 20.7. The van der Waals surface area contributed by atoms with E-state index in [9.17, 15) is 4.79 Å². The zero-order chi connectivity index (χ0) is 21.6. The number of para-hydroxylation sites is 1. The summed E-state index contributed by atoms with van der Waals surface area (Å²) in [5.41, 5.74) is 4.05. The highest BCUT2D eigenvalue weighted by Crippen LogP contribution is 2.29. The molecule has 1 N–H and O–H groups in total. The van der Waals surface area contributed by atoms with Crippen LogP contribution in [0.15, 0.2) is 67.0 Å². The Balaban J connectivity index is 1.35. The topological polar surface area (TPSA) is 68.6 Å². The monoisotopic (exact) mass is 418 g/mol. The number of nitrogens with zero attached hydrogens (tertiary/aromatic N) is 3. The summed E-state index contributed by atoms with van der Waals surface area (Å²) < 4.78 is 12.4. The number of benzene rings is 2. The minimum atomic E-state index is -0.0720. The first-order chi connectivity index (χ1) is 15.2. The lowest BCUT2D eigenvalue weighted by molar-refractivity contribution is -0.117. The average Bonchev–Trinajstić information content (AvgIpc) is 3.31. The molecule has 4 rings (SSSR count). The van der Waals surface area contributed by atoms with E-state index in [-0.39, 0.29) is 5.91 Å². The molecule has 7 nitrogen and oxygen atoms in total. The largest absolute Gasteiger partial charge is 0.497 e. The molecule has 31 heavy (non-hydrogen) atoms. The van der Waals surface area contributed by atoms with Crippen molar-refractivity contribution >= 4 is 17.2 Å². The molecule has 3 aromatic rings. The van der Waals surface area contributed by atoms with Gasteiger partial charge in [-0.05, 0) is 36.3 Å². The van der Waals surface area contributed by atoms with Crippen molar-refractivity contribution in [2.24, 2.45) is 0 Å². The van der Waals surface area contributed by atoms with Crippen molar-refractivity contribution in [2.75, 3.05) is 39.2 Å². The lowest BCUT2D eigenvalue weighted by atomic mass is 10.0. The Labute approximate surface area is 181 Å². The maximum atomic E-state index is 12.5. The highest BCUT2D eigenvalue weighted by molar-refractivity contribution is 5.94. The van der Waals surface area contributed by atoms with Crippen molar-refractivity contribution in [2.45, 2.75) is 6.42 Å². The van der Waals surface area contributed by atoms with Crippen molar-refractivity contribution in [1.82, 2.24) is 14.7 Å². The number of ether oxygens (including phenoxy) is 2. The molecule has 0 spiro atoms. The van der Waals surface area contributed by atoms with E-state index in [1.807, 2.05) is 41.2 Å². The fraction of sp³-hybridized carbons (Fsp3) is 0.250. The number of anilines is 1. The Kier molecular flexibility index (Phi) is 6.33. The molecule has 0 atom stereocenters. The molecule has 0 bridgehead atoms. The fourth-order valence-corrected chi connectivity index (χ4v) is 3.62. The molecule has 2 heterocycles. The minimum absolute atomic E-state index is 0.0720. The van der Waals surface area contributed by atoms with Gasteiger partial charge in [0, 0.05) is 30.9 Å². The molecule has 0 saturated carbocycles. The van der Waals surface area contributed by atoms with Crippen LogP contribution in [0.5, 0.6) is 11.5 Å². The van der Waals surface area contributed by atoms with Crippen LogP contribution in [0.1, 0.15) is 12.0 Å². The summed E-state index contributed by atoms with van der Waals surface area (Å²) in [7, 11) is 3.17. The van der Waals surface area contributed by atoms with Gasteiger partial charge in [-0.15, -0.1) is 0 Å². The first-order valence-electron chi connectivity index (χ1n) is 10.2. The molecule has 1 aromatic heterocycles. The number of rotatable bonds is 7. The van der Waals surface area contributed by atoms with Crippen LogP contribution < -0.4 is 14.8 Å². The van der Waals surface area contributed by atoms with E-state index < -0.39 is 0 Å². The minimum Gasteiger partial charge on any atom is -0.497 e. The average molecular weight is 418 g/mol. The first-order valence-corrected chi connectivity index (χ1v) is 10.2. The Morgan fingerprint density at radius 2 is 1.97 bits per heavy atom. The maximum absolute atomic E-state index is 12.5. The molecule has 160 valence electrons. The summed E-state index contributed by atoms with van der Waals surface area (Å²) in [6, 6.07) is 15.4. The Bertz CT molecular complexity index is 1080. The van der Waals surface area contributed by atoms with Crippen LogP contribution in [0.25, 0.3) is 11.3 Å². The zero-order valence-corrected chi connectivity index (χ0v) is 17.7. The van der Waals surface area contributed by atoms with Crippen molar-refractivity contribution in [3.63, 3.8) is 0 Å². The molecular formula is C24H26N4O3. The smallest absolute Gasteiger partial charge is 0.238 e. The summed E-state index contributed by atoms with van der Waals surface area (Å²) in [5, 5.41) is 7.41. The number of hydrogen-bond donors (Lipinski definition) is 1. The molecule has 0 unspecified atom stereocenters. The SMILES string of the molecule is COc1ccc(NC(=O)CN2CC=C(c3cnn(-c4ccccc4)c3)CC2)c(OC)c1. The van der Waals surface area contributed by atoms with Crippen molar-refractivity contribution < 1.29 is 14.3 Å². The third-order valence-electron chi connectivity index (χ3n) is 5.32. The quantitative estimate of drug-likeness (QED) is 0.635. The maximum Gasteiger partial charge on any atom is 0.238 e. The Morgan fingerprint density at radius 1 is 1.13 bits per heavy atom. The molecule has 0 fully saturated rings. The fourth-order valence-electron chi connectivity index (χ4n) is 3.62. The standard InChI is InChI=1S/C24H26N4O3/c1-30-21-8-9-22(23(14-21)31-2)26-24(29)17-27-12-10-18(11-13-27)19-15-25-28(16-19)20-6-4-3-5-7-20/h3-10,14-16H,11-13,17H2,1-2H3,(H,26,29). The van der Waals surface area contributed by atoms with Gasteiger partial charge in [0.25, 0.3) is 0 Å². The summed E-state index contributed by atoms with van der Waals surface area (Å²) in [5.74, 6) is 1.18. The van der Waals surface area contributed by atoms with Gasteiger partial charge < -0.3 is 14.8 Å². The zero-order valence-electron chi connectivity index (χ0n) is 17.7. The van der Waals surface area contributed by atoms with Crippen molar-refractivity contribution in [3.05, 3.63) is 72.6 Å². The molecule has 2 aromatic carbocycles. The van der Waals surface area contributed by atoms with Crippen molar-refractivity contribution in [3.8, 4) is 17.2 Å². The Hall–Kier alpha value is -3.58.